The van der Waals surface area contributed by atoms with Crippen molar-refractivity contribution in [1.29, 1.82) is 0 Å². The summed E-state index contributed by atoms with van der Waals surface area (Å²) in [6.45, 7) is 0. The fraction of sp³-hybridized carbons (Fsp3) is 0. The number of hydrogen-bond donors (Lipinski definition) is 0. The van der Waals surface area contributed by atoms with Crippen molar-refractivity contribution >= 4 is 115 Å². The molecule has 7 aromatic carbocycles. The third-order valence-electron chi connectivity index (χ3n) is 11.1. The van der Waals surface area contributed by atoms with E-state index in [0.29, 0.717) is 10.6 Å². The first-order valence-corrected chi connectivity index (χ1v) is 24.2. The summed E-state index contributed by atoms with van der Waals surface area (Å²) in [5, 5.41) is 10.8. The van der Waals surface area contributed by atoms with E-state index < -0.39 is 12.8 Å². The molecule has 0 amide bonds. The van der Waals surface area contributed by atoms with Gasteiger partial charge in [-0.3, -0.25) is 4.98 Å². The monoisotopic (exact) mass is 822 g/mol. The number of hydrogen-bond acceptors (Lipinski definition) is 3. The first-order chi connectivity index (χ1) is 27.6. The molecule has 0 fully saturated rings. The summed E-state index contributed by atoms with van der Waals surface area (Å²) in [5.74, 6) is 0. The van der Waals surface area contributed by atoms with Crippen molar-refractivity contribution in [2.24, 2.45) is 0 Å². The Morgan fingerprint density at radius 1 is 0.464 bits per heavy atom. The van der Waals surface area contributed by atoms with Gasteiger partial charge in [0.25, 0.3) is 0 Å². The van der Waals surface area contributed by atoms with Gasteiger partial charge in [-0.2, -0.15) is 0 Å². The summed E-state index contributed by atoms with van der Waals surface area (Å²) in [4.78, 5) is 9.77. The summed E-state index contributed by atoms with van der Waals surface area (Å²) in [6, 6.07) is 63.5. The van der Waals surface area contributed by atoms with Crippen molar-refractivity contribution in [3.63, 3.8) is 0 Å². The Kier molecular flexibility index (Phi) is 7.68. The van der Waals surface area contributed by atoms with Crippen LogP contribution >= 0.6 is 12.8 Å². The van der Waals surface area contributed by atoms with Gasteiger partial charge in [-0.25, -0.2) is 0 Å². The van der Waals surface area contributed by atoms with E-state index in [1.807, 2.05) is 42.5 Å². The van der Waals surface area contributed by atoms with Gasteiger partial charge in [0.1, 0.15) is 0 Å². The molecule has 0 spiro atoms. The molecular formula is C48H32N4OP2Se. The molecular weight excluding hydrogens is 789 g/mol. The third-order valence-corrected chi connectivity index (χ3v) is 21.1. The van der Waals surface area contributed by atoms with Crippen molar-refractivity contribution in [3.8, 4) is 0 Å². The number of imidazole rings is 1. The van der Waals surface area contributed by atoms with E-state index in [2.05, 4.69) is 168 Å². The van der Waals surface area contributed by atoms with E-state index in [0.717, 1.165) is 54.8 Å². The van der Waals surface area contributed by atoms with Gasteiger partial charge in [0.05, 0.1) is 0 Å². The minimum Gasteiger partial charge on any atom is -0.0615 e. The predicted molar refractivity (Wildman–Crippen MR) is 238 cm³/mol. The van der Waals surface area contributed by atoms with Crippen LogP contribution in [0.1, 0.15) is 0 Å². The quantitative estimate of drug-likeness (QED) is 0.0955. The maximum absolute atomic E-state index is 16.3. The predicted octanol–water partition coefficient (Wildman–Crippen LogP) is 9.45. The molecule has 266 valence electrons. The van der Waals surface area contributed by atoms with Crippen LogP contribution < -0.4 is 26.5 Å². The number of nitrogens with zero attached hydrogens (tertiary/aromatic N) is 4. The molecule has 0 saturated heterocycles. The van der Waals surface area contributed by atoms with Crippen molar-refractivity contribution in [2.75, 3.05) is 0 Å². The van der Waals surface area contributed by atoms with Gasteiger partial charge in [-0.1, -0.05) is 36.4 Å². The van der Waals surface area contributed by atoms with Gasteiger partial charge < -0.3 is 0 Å². The molecule has 4 aromatic heterocycles. The molecule has 4 heterocycles. The minimum absolute atomic E-state index is 0.710. The fourth-order valence-corrected chi connectivity index (χ4v) is 16.9. The number of pyridine rings is 2. The van der Waals surface area contributed by atoms with Crippen LogP contribution in [0, 0.1) is 0 Å². The van der Waals surface area contributed by atoms with Crippen LogP contribution in [0.3, 0.4) is 0 Å². The molecule has 1 atom stereocenters. The number of aromatic nitrogens is 4. The van der Waals surface area contributed by atoms with Crippen molar-refractivity contribution in [2.45, 2.75) is 0 Å². The zero-order chi connectivity index (χ0) is 37.4. The topological polar surface area (TPSA) is 52.2 Å². The SMILES string of the molecule is O=P(c1ccncc1)(c1ccc2c(c1)nc1c3cccc(P(=[Se])(c4ccccc4)c4ccccc4)c3c3ccccc3n21)n1c2ccccc2c2ccccc21. The van der Waals surface area contributed by atoms with E-state index >= 15 is 4.57 Å². The summed E-state index contributed by atoms with van der Waals surface area (Å²) in [6.07, 6.45) is 3.46. The Bertz CT molecular complexity index is 3340. The normalized spacial score (nSPS) is 13.3. The zero-order valence-electron chi connectivity index (χ0n) is 30.0. The summed E-state index contributed by atoms with van der Waals surface area (Å²) in [7, 11) is -3.53. The van der Waals surface area contributed by atoms with Crippen molar-refractivity contribution in [1.82, 2.24) is 18.7 Å². The van der Waals surface area contributed by atoms with Crippen LogP contribution in [0.2, 0.25) is 0 Å². The Morgan fingerprint density at radius 2 is 1.02 bits per heavy atom. The second-order valence-electron chi connectivity index (χ2n) is 14.1. The molecule has 8 heteroatoms. The summed E-state index contributed by atoms with van der Waals surface area (Å²) >= 11 is 3.80. The number of para-hydroxylation sites is 3. The van der Waals surface area contributed by atoms with E-state index in [9.17, 15) is 0 Å². The van der Waals surface area contributed by atoms with Crippen LogP contribution in [0.5, 0.6) is 0 Å². The molecule has 0 N–H and O–H groups in total. The van der Waals surface area contributed by atoms with E-state index in [-0.39, 0.29) is 0 Å². The van der Waals surface area contributed by atoms with E-state index in [1.165, 1.54) is 21.3 Å². The Balaban J connectivity index is 1.23. The first kappa shape index (κ1) is 33.5. The Hall–Kier alpha value is -5.86. The molecule has 0 radical (unpaired) electrons. The van der Waals surface area contributed by atoms with Gasteiger partial charge >= 0.3 is 256 Å². The number of rotatable bonds is 6. The van der Waals surface area contributed by atoms with Crippen LogP contribution in [0.15, 0.2) is 194 Å². The second kappa shape index (κ2) is 12.8. The van der Waals surface area contributed by atoms with Crippen LogP contribution in [0.25, 0.3) is 60.2 Å². The summed E-state index contributed by atoms with van der Waals surface area (Å²) < 4.78 is 20.7. The second-order valence-corrected chi connectivity index (χ2v) is 22.8. The van der Waals surface area contributed by atoms with Crippen LogP contribution in [-0.2, 0) is 4.57 Å². The smallest absolute Gasteiger partial charge is 0.0615 e. The number of benzene rings is 7. The van der Waals surface area contributed by atoms with Gasteiger partial charge in [-0.15, -0.1) is 0 Å². The van der Waals surface area contributed by atoms with Crippen LogP contribution in [0.4, 0.5) is 0 Å². The minimum atomic E-state index is -3.53. The zero-order valence-corrected chi connectivity index (χ0v) is 33.5. The molecule has 1 unspecified atom stereocenters. The molecule has 0 bridgehead atoms. The number of fused-ring (bicyclic) bond motifs is 11. The molecule has 0 aliphatic rings. The molecule has 0 aliphatic heterocycles. The van der Waals surface area contributed by atoms with Gasteiger partial charge in [-0.05, 0) is 12.1 Å². The van der Waals surface area contributed by atoms with Gasteiger partial charge in [0.15, 0.2) is 0 Å². The molecule has 56 heavy (non-hydrogen) atoms. The molecule has 11 aromatic rings. The molecule has 5 nitrogen and oxygen atoms in total. The van der Waals surface area contributed by atoms with Gasteiger partial charge in [0.2, 0.25) is 0 Å². The van der Waals surface area contributed by atoms with Crippen LogP contribution in [-0.4, -0.2) is 33.8 Å². The maximum atomic E-state index is 16.3. The Morgan fingerprint density at radius 3 is 1.66 bits per heavy atom. The van der Waals surface area contributed by atoms with Crippen molar-refractivity contribution in [3.05, 3.63) is 194 Å². The third kappa shape index (κ3) is 4.75. The first-order valence-electron chi connectivity index (χ1n) is 18.5. The molecule has 0 aliphatic carbocycles. The average molecular weight is 822 g/mol. The average Bonchev–Trinajstić information content (AvgIpc) is 3.83. The molecule has 0 saturated carbocycles. The Labute approximate surface area is 330 Å². The van der Waals surface area contributed by atoms with Crippen molar-refractivity contribution < 1.29 is 4.57 Å². The molecule has 11 rings (SSSR count). The standard InChI is InChI=1S/C48H32N4OP2Se/c53-55(35-28-30-49-31-29-35,52-43-23-11-7-18-37(43)38-19-8-12-24-44(38)52)36-26-27-45-41(32-36)50-48-40-21-13-25-46(47(40)39-20-9-10-22-42(39)51(45)48)54(56,33-14-3-1-4-15-33)34-16-5-2-6-17-34/h1-32H. The fourth-order valence-electron chi connectivity index (χ4n) is 8.67. The van der Waals surface area contributed by atoms with Gasteiger partial charge in [0, 0.05) is 23.2 Å². The summed E-state index contributed by atoms with van der Waals surface area (Å²) in [5.41, 5.74) is 3.32. The van der Waals surface area contributed by atoms with E-state index in [4.69, 9.17) is 4.98 Å². The van der Waals surface area contributed by atoms with E-state index in [1.54, 1.807) is 12.4 Å².